The molecule has 0 aromatic rings. The zero-order chi connectivity index (χ0) is 10.1. The van der Waals surface area contributed by atoms with Crippen molar-refractivity contribution < 1.29 is 10.2 Å². The van der Waals surface area contributed by atoms with Gasteiger partial charge in [0, 0.05) is 24.7 Å². The van der Waals surface area contributed by atoms with Gasteiger partial charge in [-0.2, -0.15) is 0 Å². The van der Waals surface area contributed by atoms with Gasteiger partial charge in [0.05, 0.1) is 12.7 Å². The van der Waals surface area contributed by atoms with Crippen LogP contribution in [0, 0.1) is 0 Å². The fraction of sp³-hybridized carbons (Fsp3) is 1.00. The van der Waals surface area contributed by atoms with E-state index in [0.717, 1.165) is 12.8 Å². The van der Waals surface area contributed by atoms with Crippen LogP contribution in [0.4, 0.5) is 0 Å². The van der Waals surface area contributed by atoms with Crippen molar-refractivity contribution in [1.29, 1.82) is 0 Å². The number of nitrogens with zero attached hydrogens (tertiary/aromatic N) is 1. The highest BCUT2D eigenvalue weighted by atomic mass is 16.3. The molecule has 2 fully saturated rings. The maximum atomic E-state index is 9.42. The average Bonchev–Trinajstić information content (AvgIpc) is 2.41. The molecule has 0 aliphatic carbocycles. The van der Waals surface area contributed by atoms with Crippen LogP contribution in [-0.2, 0) is 0 Å². The van der Waals surface area contributed by atoms with Crippen LogP contribution in [-0.4, -0.2) is 52.5 Å². The van der Waals surface area contributed by atoms with Gasteiger partial charge in [-0.1, -0.05) is 0 Å². The molecule has 0 spiro atoms. The van der Waals surface area contributed by atoms with Crippen molar-refractivity contribution in [3.8, 4) is 0 Å². The molecule has 0 aromatic carbocycles. The van der Waals surface area contributed by atoms with Gasteiger partial charge in [0.1, 0.15) is 0 Å². The average molecular weight is 200 g/mol. The normalized spacial score (nSPS) is 40.1. The topological polar surface area (TPSA) is 69.7 Å². The van der Waals surface area contributed by atoms with E-state index in [4.69, 9.17) is 10.8 Å². The summed E-state index contributed by atoms with van der Waals surface area (Å²) in [6, 6.07) is 1.44. The molecule has 2 unspecified atom stereocenters. The van der Waals surface area contributed by atoms with Gasteiger partial charge < -0.3 is 15.9 Å². The van der Waals surface area contributed by atoms with Crippen molar-refractivity contribution in [3.63, 3.8) is 0 Å². The second-order valence-corrected chi connectivity index (χ2v) is 4.65. The molecule has 4 nitrogen and oxygen atoms in total. The third kappa shape index (κ3) is 1.93. The van der Waals surface area contributed by atoms with E-state index in [1.54, 1.807) is 0 Å². The van der Waals surface area contributed by atoms with E-state index in [1.807, 2.05) is 0 Å². The number of nitrogens with two attached hydrogens (primary N) is 1. The Labute approximate surface area is 84.7 Å². The number of aliphatic hydroxyl groups excluding tert-OH is 2. The molecule has 4 atom stereocenters. The first kappa shape index (κ1) is 10.4. The summed E-state index contributed by atoms with van der Waals surface area (Å²) in [4.78, 5) is 2.34. The summed E-state index contributed by atoms with van der Waals surface area (Å²) in [7, 11) is 0. The number of aliphatic hydroxyl groups is 2. The van der Waals surface area contributed by atoms with Gasteiger partial charge in [-0.15, -0.1) is 0 Å². The summed E-state index contributed by atoms with van der Waals surface area (Å²) < 4.78 is 0. The number of piperidine rings is 1. The lowest BCUT2D eigenvalue weighted by molar-refractivity contribution is 0.0264. The third-order valence-electron chi connectivity index (χ3n) is 3.55. The first-order valence-corrected chi connectivity index (χ1v) is 5.51. The zero-order valence-electron chi connectivity index (χ0n) is 8.47. The molecular weight excluding hydrogens is 180 g/mol. The predicted molar refractivity (Wildman–Crippen MR) is 53.8 cm³/mol. The molecule has 4 heteroatoms. The number of hydrogen-bond acceptors (Lipinski definition) is 4. The second-order valence-electron chi connectivity index (χ2n) is 4.65. The van der Waals surface area contributed by atoms with Crippen LogP contribution in [0.5, 0.6) is 0 Å². The summed E-state index contributed by atoms with van der Waals surface area (Å²) in [6.07, 6.45) is 3.92. The molecular formula is C10H20N2O2. The van der Waals surface area contributed by atoms with E-state index >= 15 is 0 Å². The Hall–Kier alpha value is -0.160. The lowest BCUT2D eigenvalue weighted by Gasteiger charge is -2.38. The molecule has 82 valence electrons. The molecule has 2 saturated heterocycles. The highest BCUT2D eigenvalue weighted by Crippen LogP contribution is 2.34. The van der Waals surface area contributed by atoms with Crippen LogP contribution >= 0.6 is 0 Å². The van der Waals surface area contributed by atoms with E-state index in [-0.39, 0.29) is 6.61 Å². The zero-order valence-corrected chi connectivity index (χ0v) is 8.47. The molecule has 14 heavy (non-hydrogen) atoms. The van der Waals surface area contributed by atoms with Crippen molar-refractivity contribution in [1.82, 2.24) is 4.90 Å². The smallest absolute Gasteiger partial charge is 0.0897 e. The van der Waals surface area contributed by atoms with Crippen molar-refractivity contribution in [2.24, 2.45) is 5.73 Å². The maximum Gasteiger partial charge on any atom is 0.0897 e. The SMILES string of the molecule is NC1C[C@H]2CC[C@@H](C1)N2CC(O)CO. The van der Waals surface area contributed by atoms with Gasteiger partial charge in [-0.3, -0.25) is 4.90 Å². The predicted octanol–water partition coefficient (Wildman–Crippen LogP) is -0.706. The molecule has 2 rings (SSSR count). The molecule has 2 bridgehead atoms. The van der Waals surface area contributed by atoms with E-state index in [1.165, 1.54) is 12.8 Å². The number of rotatable bonds is 3. The summed E-state index contributed by atoms with van der Waals surface area (Å²) in [5.41, 5.74) is 5.94. The summed E-state index contributed by atoms with van der Waals surface area (Å²) >= 11 is 0. The summed E-state index contributed by atoms with van der Waals surface area (Å²) in [5.74, 6) is 0. The molecule has 0 amide bonds. The van der Waals surface area contributed by atoms with Gasteiger partial charge in [0.2, 0.25) is 0 Å². The van der Waals surface area contributed by atoms with Crippen LogP contribution in [0.15, 0.2) is 0 Å². The van der Waals surface area contributed by atoms with Gasteiger partial charge in [-0.25, -0.2) is 0 Å². The number of fused-ring (bicyclic) bond motifs is 2. The van der Waals surface area contributed by atoms with Crippen molar-refractivity contribution in [2.75, 3.05) is 13.2 Å². The Morgan fingerprint density at radius 1 is 1.29 bits per heavy atom. The quantitative estimate of drug-likeness (QED) is 0.563. The second kappa shape index (κ2) is 4.14. The van der Waals surface area contributed by atoms with Crippen LogP contribution in [0.1, 0.15) is 25.7 Å². The van der Waals surface area contributed by atoms with E-state index in [9.17, 15) is 5.11 Å². The minimum atomic E-state index is -0.590. The van der Waals surface area contributed by atoms with E-state index in [0.29, 0.717) is 24.7 Å². The van der Waals surface area contributed by atoms with E-state index < -0.39 is 6.10 Å². The van der Waals surface area contributed by atoms with E-state index in [2.05, 4.69) is 4.90 Å². The lowest BCUT2D eigenvalue weighted by atomic mass is 9.98. The minimum Gasteiger partial charge on any atom is -0.394 e. The Morgan fingerprint density at radius 2 is 1.86 bits per heavy atom. The largest absolute Gasteiger partial charge is 0.394 e. The van der Waals surface area contributed by atoms with Crippen LogP contribution in [0.2, 0.25) is 0 Å². The minimum absolute atomic E-state index is 0.137. The Morgan fingerprint density at radius 3 is 2.36 bits per heavy atom. The van der Waals surface area contributed by atoms with Crippen molar-refractivity contribution in [2.45, 2.75) is 49.9 Å². The van der Waals surface area contributed by atoms with Gasteiger partial charge in [0.15, 0.2) is 0 Å². The van der Waals surface area contributed by atoms with Crippen LogP contribution < -0.4 is 5.73 Å². The first-order valence-electron chi connectivity index (χ1n) is 5.51. The Balaban J connectivity index is 1.94. The third-order valence-corrected chi connectivity index (χ3v) is 3.55. The fourth-order valence-corrected chi connectivity index (χ4v) is 2.92. The van der Waals surface area contributed by atoms with Gasteiger partial charge >= 0.3 is 0 Å². The number of hydrogen-bond donors (Lipinski definition) is 3. The lowest BCUT2D eigenvalue weighted by Crippen LogP contribution is -2.50. The van der Waals surface area contributed by atoms with Crippen molar-refractivity contribution in [3.05, 3.63) is 0 Å². The Bertz CT molecular complexity index is 187. The van der Waals surface area contributed by atoms with Gasteiger partial charge in [-0.05, 0) is 25.7 Å². The highest BCUT2D eigenvalue weighted by molar-refractivity contribution is 4.96. The molecule has 2 aliphatic heterocycles. The fourth-order valence-electron chi connectivity index (χ4n) is 2.92. The van der Waals surface area contributed by atoms with Crippen LogP contribution in [0.3, 0.4) is 0 Å². The Kier molecular flexibility index (Phi) is 3.07. The molecule has 4 N–H and O–H groups in total. The van der Waals surface area contributed by atoms with Gasteiger partial charge in [0.25, 0.3) is 0 Å². The molecule has 0 radical (unpaired) electrons. The standard InChI is InChI=1S/C10H20N2O2/c11-7-3-8-1-2-9(4-7)12(8)5-10(14)6-13/h7-10,13-14H,1-6,11H2/t7?,8-,9+,10?. The first-order chi connectivity index (χ1) is 6.70. The summed E-state index contributed by atoms with van der Waals surface area (Å²) in [5, 5.41) is 18.2. The van der Waals surface area contributed by atoms with Crippen LogP contribution in [0.25, 0.3) is 0 Å². The molecule has 0 aromatic heterocycles. The molecule has 0 saturated carbocycles. The summed E-state index contributed by atoms with van der Waals surface area (Å²) in [6.45, 7) is 0.473. The molecule has 2 aliphatic rings. The maximum absolute atomic E-state index is 9.42. The highest BCUT2D eigenvalue weighted by Gasteiger charge is 2.39. The van der Waals surface area contributed by atoms with Crippen molar-refractivity contribution >= 4 is 0 Å². The molecule has 2 heterocycles. The monoisotopic (exact) mass is 200 g/mol.